The van der Waals surface area contributed by atoms with Crippen molar-refractivity contribution < 1.29 is 9.36 Å². The van der Waals surface area contributed by atoms with Crippen LogP contribution < -0.4 is 9.88 Å². The van der Waals surface area contributed by atoms with E-state index in [0.717, 1.165) is 5.69 Å². The Labute approximate surface area is 152 Å². The number of ketones is 1. The number of hydrogen-bond donors (Lipinski definition) is 1. The van der Waals surface area contributed by atoms with Gasteiger partial charge in [-0.3, -0.25) is 4.79 Å². The molecule has 25 heavy (non-hydrogen) atoms. The summed E-state index contributed by atoms with van der Waals surface area (Å²) in [6.07, 6.45) is 3.82. The first-order chi connectivity index (χ1) is 12.1. The van der Waals surface area contributed by atoms with Crippen LogP contribution in [0.3, 0.4) is 0 Å². The largest absolute Gasteiger partial charge is 0.378 e. The number of halogens is 1. The minimum absolute atomic E-state index is 0.0556. The summed E-state index contributed by atoms with van der Waals surface area (Å²) < 4.78 is 1.87. The number of hydrogen-bond acceptors (Lipinski definition) is 2. The van der Waals surface area contributed by atoms with E-state index in [1.165, 1.54) is 5.56 Å². The third kappa shape index (κ3) is 4.68. The number of nitrogens with zero attached hydrogens (tertiary/aromatic N) is 1. The van der Waals surface area contributed by atoms with Gasteiger partial charge in [0.2, 0.25) is 12.3 Å². The van der Waals surface area contributed by atoms with Crippen molar-refractivity contribution in [3.05, 3.63) is 95.3 Å². The molecule has 1 atom stereocenters. The predicted molar refractivity (Wildman–Crippen MR) is 101 cm³/mol. The van der Waals surface area contributed by atoms with Crippen LogP contribution >= 0.6 is 11.6 Å². The van der Waals surface area contributed by atoms with E-state index in [1.807, 2.05) is 47.3 Å². The van der Waals surface area contributed by atoms with Crippen molar-refractivity contribution >= 4 is 23.1 Å². The minimum atomic E-state index is 0.0556. The Morgan fingerprint density at radius 2 is 1.64 bits per heavy atom. The van der Waals surface area contributed by atoms with E-state index in [9.17, 15) is 4.79 Å². The number of nitrogens with one attached hydrogen (secondary N) is 1. The molecule has 0 amide bonds. The maximum Gasteiger partial charge on any atom is 0.227 e. The Morgan fingerprint density at radius 1 is 1.00 bits per heavy atom. The average Bonchev–Trinajstić information content (AvgIpc) is 2.64. The van der Waals surface area contributed by atoms with Crippen LogP contribution in [0.2, 0.25) is 5.02 Å². The number of benzene rings is 2. The van der Waals surface area contributed by atoms with E-state index >= 15 is 0 Å². The minimum Gasteiger partial charge on any atom is -0.378 e. The zero-order chi connectivity index (χ0) is 17.6. The average molecular weight is 352 g/mol. The summed E-state index contributed by atoms with van der Waals surface area (Å²) in [7, 11) is 0. The third-order valence-electron chi connectivity index (χ3n) is 4.07. The van der Waals surface area contributed by atoms with Crippen molar-refractivity contribution in [2.45, 2.75) is 19.5 Å². The van der Waals surface area contributed by atoms with Crippen LogP contribution in [0.4, 0.5) is 5.69 Å². The van der Waals surface area contributed by atoms with Gasteiger partial charge in [0.1, 0.15) is 0 Å². The summed E-state index contributed by atoms with van der Waals surface area (Å²) >= 11 is 5.86. The Hall–Kier alpha value is -2.65. The molecule has 0 saturated carbocycles. The first-order valence-electron chi connectivity index (χ1n) is 8.21. The van der Waals surface area contributed by atoms with Crippen LogP contribution in [0.15, 0.2) is 79.1 Å². The number of pyridine rings is 1. The fourth-order valence-electron chi connectivity index (χ4n) is 2.63. The van der Waals surface area contributed by atoms with E-state index < -0.39 is 0 Å². The number of carbonyl (C=O) groups excluding carboxylic acids is 1. The summed E-state index contributed by atoms with van der Waals surface area (Å²) in [6.45, 7) is 2.43. The second-order valence-corrected chi connectivity index (χ2v) is 6.40. The van der Waals surface area contributed by atoms with E-state index in [-0.39, 0.29) is 11.8 Å². The van der Waals surface area contributed by atoms with Crippen molar-refractivity contribution in [3.8, 4) is 0 Å². The van der Waals surface area contributed by atoms with Gasteiger partial charge in [0.25, 0.3) is 0 Å². The van der Waals surface area contributed by atoms with Crippen molar-refractivity contribution in [3.63, 3.8) is 0 Å². The van der Waals surface area contributed by atoms with Crippen molar-refractivity contribution in [2.75, 3.05) is 5.32 Å². The second-order valence-electron chi connectivity index (χ2n) is 5.97. The fraction of sp³-hybridized carbons (Fsp3) is 0.143. The highest BCUT2D eigenvalue weighted by Gasteiger charge is 2.12. The van der Waals surface area contributed by atoms with Crippen LogP contribution in [0.1, 0.15) is 28.9 Å². The summed E-state index contributed by atoms with van der Waals surface area (Å²) in [5.41, 5.74) is 2.92. The lowest BCUT2D eigenvalue weighted by Gasteiger charge is -2.15. The molecular weight excluding hydrogens is 332 g/mol. The lowest BCUT2D eigenvalue weighted by Crippen LogP contribution is -2.37. The maximum atomic E-state index is 12.3. The summed E-state index contributed by atoms with van der Waals surface area (Å²) in [6, 6.07) is 21.4. The molecular formula is C21H20ClN2O+. The number of rotatable bonds is 6. The predicted octanol–water partition coefficient (Wildman–Crippen LogP) is 4.68. The van der Waals surface area contributed by atoms with Gasteiger partial charge in [0.15, 0.2) is 12.4 Å². The molecule has 0 aliphatic heterocycles. The van der Waals surface area contributed by atoms with Crippen LogP contribution in [-0.4, -0.2) is 5.78 Å². The van der Waals surface area contributed by atoms with Gasteiger partial charge in [-0.25, -0.2) is 0 Å². The molecule has 0 aliphatic carbocycles. The molecule has 1 unspecified atom stereocenters. The third-order valence-corrected chi connectivity index (χ3v) is 4.32. The Kier molecular flexibility index (Phi) is 5.46. The van der Waals surface area contributed by atoms with Crippen LogP contribution in [0.5, 0.6) is 0 Å². The monoisotopic (exact) mass is 351 g/mol. The SMILES string of the molecule is CC(Nc1cc[n+](CC(=O)c2ccc(Cl)cc2)cc1)c1ccccc1. The molecule has 1 N–H and O–H groups in total. The highest BCUT2D eigenvalue weighted by atomic mass is 35.5. The molecule has 2 aromatic carbocycles. The Morgan fingerprint density at radius 3 is 2.28 bits per heavy atom. The highest BCUT2D eigenvalue weighted by Crippen LogP contribution is 2.17. The molecule has 3 rings (SSSR count). The Bertz CT molecular complexity index is 830. The molecule has 3 aromatic rings. The molecule has 0 radical (unpaired) electrons. The number of anilines is 1. The van der Waals surface area contributed by atoms with Gasteiger partial charge in [0, 0.05) is 34.4 Å². The van der Waals surface area contributed by atoms with Crippen LogP contribution in [0, 0.1) is 0 Å². The smallest absolute Gasteiger partial charge is 0.227 e. The molecule has 0 fully saturated rings. The molecule has 1 heterocycles. The van der Waals surface area contributed by atoms with Crippen LogP contribution in [0.25, 0.3) is 0 Å². The molecule has 126 valence electrons. The van der Waals surface area contributed by atoms with Crippen molar-refractivity contribution in [1.82, 2.24) is 0 Å². The summed E-state index contributed by atoms with van der Waals surface area (Å²) in [4.78, 5) is 12.3. The zero-order valence-electron chi connectivity index (χ0n) is 14.0. The molecule has 4 heteroatoms. The van der Waals surface area contributed by atoms with Gasteiger partial charge in [0.05, 0.1) is 0 Å². The zero-order valence-corrected chi connectivity index (χ0v) is 14.8. The highest BCUT2D eigenvalue weighted by molar-refractivity contribution is 6.30. The number of aromatic nitrogens is 1. The molecule has 3 nitrogen and oxygen atoms in total. The van der Waals surface area contributed by atoms with Gasteiger partial charge in [-0.2, -0.15) is 4.57 Å². The first kappa shape index (κ1) is 17.2. The molecule has 1 aromatic heterocycles. The topological polar surface area (TPSA) is 33.0 Å². The second kappa shape index (κ2) is 7.95. The van der Waals surface area contributed by atoms with E-state index in [2.05, 4.69) is 24.4 Å². The van der Waals surface area contributed by atoms with Crippen molar-refractivity contribution in [2.24, 2.45) is 0 Å². The van der Waals surface area contributed by atoms with Crippen molar-refractivity contribution in [1.29, 1.82) is 0 Å². The molecule has 0 bridgehead atoms. The molecule has 0 spiro atoms. The van der Waals surface area contributed by atoms with Crippen LogP contribution in [-0.2, 0) is 6.54 Å². The van der Waals surface area contributed by atoms with E-state index in [4.69, 9.17) is 11.6 Å². The van der Waals surface area contributed by atoms with Gasteiger partial charge >= 0.3 is 0 Å². The summed E-state index contributed by atoms with van der Waals surface area (Å²) in [5, 5.41) is 4.10. The summed E-state index contributed by atoms with van der Waals surface area (Å²) in [5.74, 6) is 0.0556. The first-order valence-corrected chi connectivity index (χ1v) is 8.59. The number of Topliss-reactive ketones (excluding diaryl/α,β-unsaturated/α-hetero) is 1. The van der Waals surface area contributed by atoms with E-state index in [1.54, 1.807) is 24.3 Å². The standard InChI is InChI=1S/C21H19ClN2O/c1-16(17-5-3-2-4-6-17)23-20-11-13-24(14-12-20)15-21(25)18-7-9-19(22)10-8-18/h2-14,16H,15H2,1H3/p+1. The Balaban J connectivity index is 1.62. The van der Waals surface area contributed by atoms with E-state index in [0.29, 0.717) is 17.1 Å². The van der Waals surface area contributed by atoms with Gasteiger partial charge in [-0.05, 0) is 36.8 Å². The lowest BCUT2D eigenvalue weighted by molar-refractivity contribution is -0.683. The normalized spacial score (nSPS) is 11.8. The molecule has 0 aliphatic rings. The van der Waals surface area contributed by atoms with Gasteiger partial charge in [-0.15, -0.1) is 0 Å². The van der Waals surface area contributed by atoms with Gasteiger partial charge in [-0.1, -0.05) is 41.9 Å². The lowest BCUT2D eigenvalue weighted by atomic mass is 10.1. The quantitative estimate of drug-likeness (QED) is 0.516. The van der Waals surface area contributed by atoms with Gasteiger partial charge < -0.3 is 5.32 Å². The molecule has 0 saturated heterocycles. The fourth-order valence-corrected chi connectivity index (χ4v) is 2.75. The number of carbonyl (C=O) groups is 1. The maximum absolute atomic E-state index is 12.3.